The summed E-state index contributed by atoms with van der Waals surface area (Å²) in [5, 5.41) is 6.07. The first-order valence-corrected chi connectivity index (χ1v) is 11.6. The number of anilines is 1. The summed E-state index contributed by atoms with van der Waals surface area (Å²) in [6, 6.07) is 15.8. The lowest BCUT2D eigenvalue weighted by molar-refractivity contribution is -0.123. The summed E-state index contributed by atoms with van der Waals surface area (Å²) in [7, 11) is 0. The van der Waals surface area contributed by atoms with Gasteiger partial charge in [0.25, 0.3) is 0 Å². The summed E-state index contributed by atoms with van der Waals surface area (Å²) in [5.74, 6) is 0.284. The van der Waals surface area contributed by atoms with Gasteiger partial charge < -0.3 is 19.9 Å². The van der Waals surface area contributed by atoms with Crippen LogP contribution in [-0.4, -0.2) is 33.5 Å². The van der Waals surface area contributed by atoms with Gasteiger partial charge in [-0.1, -0.05) is 38.1 Å². The molecule has 1 aliphatic heterocycles. The summed E-state index contributed by atoms with van der Waals surface area (Å²) in [6.45, 7) is 6.39. The third kappa shape index (κ3) is 5.79. The van der Waals surface area contributed by atoms with Crippen molar-refractivity contribution in [3.05, 3.63) is 60.4 Å². The van der Waals surface area contributed by atoms with E-state index in [4.69, 9.17) is 4.74 Å². The molecule has 2 aromatic carbocycles. The van der Waals surface area contributed by atoms with E-state index < -0.39 is 0 Å². The largest absolute Gasteiger partial charge is 0.370 e. The Labute approximate surface area is 194 Å². The molecule has 1 fully saturated rings. The molecule has 7 heteroatoms. The predicted molar refractivity (Wildman–Crippen MR) is 129 cm³/mol. The number of aryl methyl sites for hydroxylation is 1. The maximum atomic E-state index is 12.6. The molecule has 1 saturated heterocycles. The van der Waals surface area contributed by atoms with Crippen LogP contribution in [0.15, 0.2) is 54.9 Å². The molecule has 1 aliphatic rings. The minimum atomic E-state index is -0.128. The van der Waals surface area contributed by atoms with Gasteiger partial charge in [0.15, 0.2) is 0 Å². The van der Waals surface area contributed by atoms with Gasteiger partial charge in [-0.15, -0.1) is 0 Å². The lowest BCUT2D eigenvalue weighted by Gasteiger charge is -2.38. The van der Waals surface area contributed by atoms with Crippen molar-refractivity contribution >= 4 is 28.5 Å². The van der Waals surface area contributed by atoms with Gasteiger partial charge in [0.05, 0.1) is 29.6 Å². The van der Waals surface area contributed by atoms with Crippen LogP contribution in [0, 0.1) is 5.92 Å². The highest BCUT2D eigenvalue weighted by Gasteiger charge is 2.32. The SMILES string of the molecule is CC(=O)N[C@H]1C[C@@H](c2cccc(NC(=O)CCn3cnc4ccccc43)c2)O[C@@H](C(C)C)C1. The first-order chi connectivity index (χ1) is 15.9. The first-order valence-electron chi connectivity index (χ1n) is 11.6. The number of hydrogen-bond acceptors (Lipinski definition) is 4. The minimum absolute atomic E-state index is 0.0187. The molecule has 2 heterocycles. The third-order valence-electron chi connectivity index (χ3n) is 6.15. The standard InChI is InChI=1S/C26H32N4O3/c1-17(2)24-14-21(28-18(3)31)15-25(33-24)19-7-6-8-20(13-19)29-26(32)11-12-30-16-27-22-9-4-5-10-23(22)30/h4-10,13,16-17,21,24-25H,11-12,14-15H2,1-3H3,(H,28,31)(H,29,32)/t21-,24-,25+/m1/s1. The molecule has 2 amide bonds. The van der Waals surface area contributed by atoms with Crippen molar-refractivity contribution in [1.82, 2.24) is 14.9 Å². The molecule has 0 radical (unpaired) electrons. The number of benzene rings is 2. The summed E-state index contributed by atoms with van der Waals surface area (Å²) >= 11 is 0. The number of hydrogen-bond donors (Lipinski definition) is 2. The highest BCUT2D eigenvalue weighted by molar-refractivity contribution is 5.90. The monoisotopic (exact) mass is 448 g/mol. The van der Waals surface area contributed by atoms with Crippen LogP contribution in [0.1, 0.15) is 51.7 Å². The van der Waals surface area contributed by atoms with E-state index in [1.165, 1.54) is 0 Å². The molecule has 1 aromatic heterocycles. The molecular weight excluding hydrogens is 416 g/mol. The van der Waals surface area contributed by atoms with E-state index >= 15 is 0 Å². The molecule has 3 atom stereocenters. The molecule has 174 valence electrons. The van der Waals surface area contributed by atoms with Crippen LogP contribution < -0.4 is 10.6 Å². The number of ether oxygens (including phenoxy) is 1. The molecule has 7 nitrogen and oxygen atoms in total. The Morgan fingerprint density at radius 1 is 1.15 bits per heavy atom. The van der Waals surface area contributed by atoms with Crippen LogP contribution in [0.5, 0.6) is 0 Å². The average molecular weight is 449 g/mol. The van der Waals surface area contributed by atoms with E-state index in [-0.39, 0.29) is 30.1 Å². The molecule has 33 heavy (non-hydrogen) atoms. The van der Waals surface area contributed by atoms with Crippen molar-refractivity contribution in [2.24, 2.45) is 5.92 Å². The lowest BCUT2D eigenvalue weighted by atomic mass is 9.89. The lowest BCUT2D eigenvalue weighted by Crippen LogP contribution is -2.43. The third-order valence-corrected chi connectivity index (χ3v) is 6.15. The van der Waals surface area contributed by atoms with Crippen LogP contribution in [0.25, 0.3) is 11.0 Å². The van der Waals surface area contributed by atoms with Crippen molar-refractivity contribution in [2.75, 3.05) is 5.32 Å². The van der Waals surface area contributed by atoms with Crippen molar-refractivity contribution in [2.45, 2.75) is 64.8 Å². The first kappa shape index (κ1) is 23.0. The topological polar surface area (TPSA) is 85.3 Å². The van der Waals surface area contributed by atoms with E-state index in [9.17, 15) is 9.59 Å². The molecule has 2 N–H and O–H groups in total. The zero-order chi connectivity index (χ0) is 23.4. The quantitative estimate of drug-likeness (QED) is 0.559. The molecule has 0 bridgehead atoms. The number of carbonyl (C=O) groups excluding carboxylic acids is 2. The Balaban J connectivity index is 1.40. The number of nitrogens with zero attached hydrogens (tertiary/aromatic N) is 2. The van der Waals surface area contributed by atoms with E-state index in [1.807, 2.05) is 53.1 Å². The van der Waals surface area contributed by atoms with Crippen molar-refractivity contribution in [1.29, 1.82) is 0 Å². The second-order valence-electron chi connectivity index (χ2n) is 9.13. The van der Waals surface area contributed by atoms with Gasteiger partial charge in [-0.05, 0) is 48.6 Å². The Bertz CT molecular complexity index is 1120. The van der Waals surface area contributed by atoms with Gasteiger partial charge in [0.2, 0.25) is 11.8 Å². The van der Waals surface area contributed by atoms with Crippen LogP contribution >= 0.6 is 0 Å². The van der Waals surface area contributed by atoms with Crippen molar-refractivity contribution in [3.8, 4) is 0 Å². The number of imidazole rings is 1. The molecule has 4 rings (SSSR count). The summed E-state index contributed by atoms with van der Waals surface area (Å²) in [6.07, 6.45) is 3.60. The van der Waals surface area contributed by atoms with E-state index in [2.05, 4.69) is 29.5 Å². The van der Waals surface area contributed by atoms with Gasteiger partial charge in [-0.25, -0.2) is 4.98 Å². The van der Waals surface area contributed by atoms with Gasteiger partial charge in [-0.2, -0.15) is 0 Å². The normalized spacial score (nSPS) is 20.7. The van der Waals surface area contributed by atoms with Gasteiger partial charge in [0.1, 0.15) is 0 Å². The number of fused-ring (bicyclic) bond motifs is 1. The predicted octanol–water partition coefficient (Wildman–Crippen LogP) is 4.45. The van der Waals surface area contributed by atoms with E-state index in [0.717, 1.165) is 28.7 Å². The fourth-order valence-electron chi connectivity index (χ4n) is 4.46. The summed E-state index contributed by atoms with van der Waals surface area (Å²) in [5.41, 5.74) is 3.71. The smallest absolute Gasteiger partial charge is 0.226 e. The van der Waals surface area contributed by atoms with Gasteiger partial charge in [-0.3, -0.25) is 9.59 Å². The Kier molecular flexibility index (Phi) is 7.08. The number of rotatable bonds is 7. The van der Waals surface area contributed by atoms with Gasteiger partial charge in [0, 0.05) is 31.6 Å². The number of para-hydroxylation sites is 2. The molecular formula is C26H32N4O3. The number of amides is 2. The Morgan fingerprint density at radius 3 is 2.76 bits per heavy atom. The summed E-state index contributed by atoms with van der Waals surface area (Å²) in [4.78, 5) is 28.6. The molecule has 0 unspecified atom stereocenters. The van der Waals surface area contributed by atoms with Crippen LogP contribution in [0.4, 0.5) is 5.69 Å². The van der Waals surface area contributed by atoms with E-state index in [1.54, 1.807) is 13.3 Å². The number of nitrogens with one attached hydrogen (secondary N) is 2. The second kappa shape index (κ2) is 10.2. The minimum Gasteiger partial charge on any atom is -0.370 e. The highest BCUT2D eigenvalue weighted by atomic mass is 16.5. The fourth-order valence-corrected chi connectivity index (χ4v) is 4.46. The van der Waals surface area contributed by atoms with Crippen LogP contribution in [-0.2, 0) is 20.9 Å². The highest BCUT2D eigenvalue weighted by Crippen LogP contribution is 2.35. The zero-order valence-electron chi connectivity index (χ0n) is 19.5. The number of carbonyl (C=O) groups is 2. The average Bonchev–Trinajstić information content (AvgIpc) is 3.20. The second-order valence-corrected chi connectivity index (χ2v) is 9.13. The molecule has 0 aliphatic carbocycles. The van der Waals surface area contributed by atoms with Crippen LogP contribution in [0.3, 0.4) is 0 Å². The van der Waals surface area contributed by atoms with Crippen molar-refractivity contribution < 1.29 is 14.3 Å². The molecule has 0 spiro atoms. The molecule has 3 aromatic rings. The van der Waals surface area contributed by atoms with Gasteiger partial charge >= 0.3 is 0 Å². The number of aromatic nitrogens is 2. The maximum Gasteiger partial charge on any atom is 0.226 e. The zero-order valence-corrected chi connectivity index (χ0v) is 19.5. The van der Waals surface area contributed by atoms with Crippen molar-refractivity contribution in [3.63, 3.8) is 0 Å². The van der Waals surface area contributed by atoms with E-state index in [0.29, 0.717) is 25.3 Å². The Hall–Kier alpha value is -3.19. The maximum absolute atomic E-state index is 12.6. The molecule has 0 saturated carbocycles. The fraction of sp³-hybridized carbons (Fsp3) is 0.423. The van der Waals surface area contributed by atoms with Crippen LogP contribution in [0.2, 0.25) is 0 Å². The Morgan fingerprint density at radius 2 is 1.97 bits per heavy atom. The summed E-state index contributed by atoms with van der Waals surface area (Å²) < 4.78 is 8.36.